The number of hydrogen-bond acceptors (Lipinski definition) is 6. The van der Waals surface area contributed by atoms with Crippen LogP contribution < -0.4 is 16.0 Å². The summed E-state index contributed by atoms with van der Waals surface area (Å²) in [6, 6.07) is 0. The summed E-state index contributed by atoms with van der Waals surface area (Å²) in [5.74, 6) is 1.08. The molecule has 0 saturated carbocycles. The van der Waals surface area contributed by atoms with Crippen LogP contribution in [0.4, 0.5) is 17.3 Å². The van der Waals surface area contributed by atoms with E-state index < -0.39 is 0 Å². The van der Waals surface area contributed by atoms with E-state index in [9.17, 15) is 4.79 Å². The largest absolute Gasteiger partial charge is 0.366 e. The number of carbonyl (C=O) groups is 1. The number of rotatable bonds is 4. The van der Waals surface area contributed by atoms with Crippen LogP contribution in [-0.2, 0) is 11.3 Å². The monoisotopic (exact) mass is 293 g/mol. The van der Waals surface area contributed by atoms with Gasteiger partial charge in [-0.05, 0) is 0 Å². The predicted octanol–water partition coefficient (Wildman–Crippen LogP) is 0.803. The quantitative estimate of drug-likeness (QED) is 0.771. The molecule has 1 aliphatic heterocycles. The summed E-state index contributed by atoms with van der Waals surface area (Å²) in [5, 5.41) is 13.5. The number of aromatic nitrogens is 4. The van der Waals surface area contributed by atoms with Crippen LogP contribution in [0.3, 0.4) is 0 Å². The highest BCUT2D eigenvalue weighted by atomic mass is 35.5. The molecule has 0 spiro atoms. The van der Waals surface area contributed by atoms with Gasteiger partial charge in [-0.25, -0.2) is 9.97 Å². The molecule has 0 aromatic carbocycles. The van der Waals surface area contributed by atoms with Crippen LogP contribution in [0.15, 0.2) is 18.7 Å². The zero-order valence-corrected chi connectivity index (χ0v) is 11.2. The third kappa shape index (κ3) is 2.64. The maximum absolute atomic E-state index is 11.4. The fourth-order valence-electron chi connectivity index (χ4n) is 1.87. The zero-order chi connectivity index (χ0) is 13.9. The Kier molecular flexibility index (Phi) is 3.38. The van der Waals surface area contributed by atoms with Gasteiger partial charge >= 0.3 is 0 Å². The van der Waals surface area contributed by atoms with Gasteiger partial charge in [0, 0.05) is 12.7 Å². The number of hydrogen-bond donors (Lipinski definition) is 3. The molecule has 0 saturated heterocycles. The number of fused-ring (bicyclic) bond motifs is 1. The second-order valence-electron chi connectivity index (χ2n) is 4.20. The Hall–Kier alpha value is -2.35. The molecular weight excluding hydrogens is 282 g/mol. The third-order valence-corrected chi connectivity index (χ3v) is 2.96. The van der Waals surface area contributed by atoms with Crippen LogP contribution in [0, 0.1) is 0 Å². The van der Waals surface area contributed by atoms with Gasteiger partial charge in [0.25, 0.3) is 0 Å². The summed E-state index contributed by atoms with van der Waals surface area (Å²) in [4.78, 5) is 19.6. The van der Waals surface area contributed by atoms with E-state index in [0.29, 0.717) is 35.4 Å². The number of halogens is 1. The minimum absolute atomic E-state index is 0.116. The van der Waals surface area contributed by atoms with Gasteiger partial charge in [-0.15, -0.1) is 0 Å². The normalized spacial score (nSPS) is 13.3. The molecule has 2 aromatic heterocycles. The van der Waals surface area contributed by atoms with E-state index in [2.05, 4.69) is 31.0 Å². The van der Waals surface area contributed by atoms with Gasteiger partial charge in [-0.3, -0.25) is 9.48 Å². The van der Waals surface area contributed by atoms with Crippen molar-refractivity contribution in [3.05, 3.63) is 23.7 Å². The number of amides is 1. The van der Waals surface area contributed by atoms with E-state index in [1.54, 1.807) is 17.1 Å². The number of carbonyl (C=O) groups excluding carboxylic acids is 1. The summed E-state index contributed by atoms with van der Waals surface area (Å²) in [6.07, 6.45) is 4.76. The molecule has 3 heterocycles. The van der Waals surface area contributed by atoms with E-state index >= 15 is 0 Å². The van der Waals surface area contributed by atoms with Crippen LogP contribution in [0.25, 0.3) is 0 Å². The maximum Gasteiger partial charge on any atom is 0.243 e. The fraction of sp³-hybridized carbons (Fsp3) is 0.273. The lowest BCUT2D eigenvalue weighted by Crippen LogP contribution is -2.29. The molecule has 0 unspecified atom stereocenters. The zero-order valence-electron chi connectivity index (χ0n) is 10.4. The van der Waals surface area contributed by atoms with Crippen molar-refractivity contribution in [3.63, 3.8) is 0 Å². The molecular formula is C11H12ClN7O. The Morgan fingerprint density at radius 2 is 2.35 bits per heavy atom. The van der Waals surface area contributed by atoms with Crippen LogP contribution >= 0.6 is 11.6 Å². The molecule has 8 nitrogen and oxygen atoms in total. The average Bonchev–Trinajstić information content (AvgIpc) is 2.85. The van der Waals surface area contributed by atoms with E-state index in [4.69, 9.17) is 11.6 Å². The first-order valence-electron chi connectivity index (χ1n) is 6.03. The molecule has 3 N–H and O–H groups in total. The fourth-order valence-corrected chi connectivity index (χ4v) is 2.03. The average molecular weight is 294 g/mol. The molecule has 3 rings (SSSR count). The van der Waals surface area contributed by atoms with Crippen molar-refractivity contribution in [3.8, 4) is 0 Å². The first kappa shape index (κ1) is 12.7. The second kappa shape index (κ2) is 5.33. The van der Waals surface area contributed by atoms with Crippen molar-refractivity contribution in [2.45, 2.75) is 6.54 Å². The SMILES string of the molecule is O=C1CNc2ncnc(NCCn3cc(Cl)cn3)c2N1. The lowest BCUT2D eigenvalue weighted by Gasteiger charge is -2.19. The minimum Gasteiger partial charge on any atom is -0.366 e. The number of nitrogens with one attached hydrogen (secondary N) is 3. The highest BCUT2D eigenvalue weighted by Crippen LogP contribution is 2.28. The standard InChI is InChI=1S/C11H12ClN7O/c12-7-3-17-19(5-7)2-1-13-10-9-11(16-6-15-10)14-4-8(20)18-9/h3,5-6H,1-2,4H2,(H,18,20)(H2,13,14,15,16). The first-order valence-corrected chi connectivity index (χ1v) is 6.41. The van der Waals surface area contributed by atoms with Crippen molar-refractivity contribution < 1.29 is 4.79 Å². The van der Waals surface area contributed by atoms with Crippen LogP contribution in [0.1, 0.15) is 0 Å². The molecule has 20 heavy (non-hydrogen) atoms. The first-order chi connectivity index (χ1) is 9.72. The molecule has 1 aliphatic rings. The lowest BCUT2D eigenvalue weighted by molar-refractivity contribution is -0.114. The smallest absolute Gasteiger partial charge is 0.243 e. The number of anilines is 3. The van der Waals surface area contributed by atoms with Gasteiger partial charge in [0.1, 0.15) is 12.0 Å². The maximum atomic E-state index is 11.4. The molecule has 0 bridgehead atoms. The van der Waals surface area contributed by atoms with Crippen LogP contribution in [0.5, 0.6) is 0 Å². The van der Waals surface area contributed by atoms with E-state index in [0.717, 1.165) is 0 Å². The summed E-state index contributed by atoms with van der Waals surface area (Å²) in [7, 11) is 0. The third-order valence-electron chi connectivity index (χ3n) is 2.76. The Bertz CT molecular complexity index is 641. The van der Waals surface area contributed by atoms with Gasteiger partial charge < -0.3 is 16.0 Å². The van der Waals surface area contributed by atoms with Gasteiger partial charge in [-0.2, -0.15) is 5.10 Å². The van der Waals surface area contributed by atoms with Crippen molar-refractivity contribution in [2.24, 2.45) is 0 Å². The van der Waals surface area contributed by atoms with E-state index in [1.165, 1.54) is 6.33 Å². The van der Waals surface area contributed by atoms with Crippen molar-refractivity contribution in [1.29, 1.82) is 0 Å². The molecule has 9 heteroatoms. The predicted molar refractivity (Wildman–Crippen MR) is 74.9 cm³/mol. The van der Waals surface area contributed by atoms with Crippen molar-refractivity contribution in [1.82, 2.24) is 19.7 Å². The van der Waals surface area contributed by atoms with E-state index in [1.807, 2.05) is 0 Å². The molecule has 0 aliphatic carbocycles. The van der Waals surface area contributed by atoms with Gasteiger partial charge in [0.05, 0.1) is 24.3 Å². The van der Waals surface area contributed by atoms with Gasteiger partial charge in [-0.1, -0.05) is 11.6 Å². The Morgan fingerprint density at radius 3 is 3.15 bits per heavy atom. The minimum atomic E-state index is -0.116. The highest BCUT2D eigenvalue weighted by Gasteiger charge is 2.19. The van der Waals surface area contributed by atoms with Crippen molar-refractivity contribution >= 4 is 34.8 Å². The highest BCUT2D eigenvalue weighted by molar-refractivity contribution is 6.30. The summed E-state index contributed by atoms with van der Waals surface area (Å²) < 4.78 is 1.72. The van der Waals surface area contributed by atoms with Gasteiger partial charge in [0.15, 0.2) is 11.6 Å². The Labute approximate surface area is 119 Å². The molecule has 2 aromatic rings. The second-order valence-corrected chi connectivity index (χ2v) is 4.63. The summed E-state index contributed by atoms with van der Waals surface area (Å²) >= 11 is 5.79. The molecule has 0 atom stereocenters. The molecule has 0 radical (unpaired) electrons. The van der Waals surface area contributed by atoms with Crippen molar-refractivity contribution in [2.75, 3.05) is 29.0 Å². The Morgan fingerprint density at radius 1 is 1.45 bits per heavy atom. The molecule has 0 fully saturated rings. The number of nitrogens with zero attached hydrogens (tertiary/aromatic N) is 4. The van der Waals surface area contributed by atoms with Gasteiger partial charge in [0.2, 0.25) is 5.91 Å². The Balaban J connectivity index is 1.67. The summed E-state index contributed by atoms with van der Waals surface area (Å²) in [5.41, 5.74) is 0.572. The molecule has 104 valence electrons. The molecule has 1 amide bonds. The topological polar surface area (TPSA) is 96.8 Å². The van der Waals surface area contributed by atoms with E-state index in [-0.39, 0.29) is 12.5 Å². The lowest BCUT2D eigenvalue weighted by atomic mass is 10.3. The summed E-state index contributed by atoms with van der Waals surface area (Å²) in [6.45, 7) is 1.44. The van der Waals surface area contributed by atoms with Crippen LogP contribution in [-0.4, -0.2) is 38.7 Å². The van der Waals surface area contributed by atoms with Crippen LogP contribution in [0.2, 0.25) is 5.02 Å².